The second kappa shape index (κ2) is 7.89. The average molecular weight is 384 g/mol. The van der Waals surface area contributed by atoms with Crippen LogP contribution in [0.2, 0.25) is 0 Å². The predicted octanol–water partition coefficient (Wildman–Crippen LogP) is 4.09. The molecule has 0 spiro atoms. The van der Waals surface area contributed by atoms with E-state index in [1.54, 1.807) is 11.3 Å². The molecular weight excluding hydrogens is 364 g/mol. The number of rotatable bonds is 7. The molecule has 1 aromatic heterocycles. The van der Waals surface area contributed by atoms with E-state index < -0.39 is 0 Å². The number of hydrogen-bond donors (Lipinski definition) is 1. The summed E-state index contributed by atoms with van der Waals surface area (Å²) in [6, 6.07) is 2.81. The summed E-state index contributed by atoms with van der Waals surface area (Å²) in [5.41, 5.74) is 0. The molecule has 2 nitrogen and oxygen atoms in total. The Morgan fingerprint density at radius 1 is 1.41 bits per heavy atom. The number of nitrogens with zero attached hydrogens (tertiary/aromatic N) is 1. The van der Waals surface area contributed by atoms with Gasteiger partial charge >= 0.3 is 0 Å². The molecule has 0 saturated heterocycles. The summed E-state index contributed by atoms with van der Waals surface area (Å²) < 4.78 is 2.33. The smallest absolute Gasteiger partial charge is 0.0843 e. The molecule has 0 fully saturated rings. The molecule has 0 radical (unpaired) electrons. The fourth-order valence-corrected chi connectivity index (χ4v) is 3.55. The van der Waals surface area contributed by atoms with Crippen molar-refractivity contribution in [2.24, 2.45) is 0 Å². The highest BCUT2D eigenvalue weighted by Gasteiger charge is 2.04. The fourth-order valence-electron chi connectivity index (χ4n) is 1.40. The Kier molecular flexibility index (Phi) is 7.26. The molecule has 1 heterocycles. The molecule has 0 atom stereocenters. The van der Waals surface area contributed by atoms with Crippen molar-refractivity contribution >= 4 is 43.2 Å². The van der Waals surface area contributed by atoms with Crippen LogP contribution in [0.1, 0.15) is 25.1 Å². The molecular formula is C12H20Br2N2S. The van der Waals surface area contributed by atoms with E-state index in [1.807, 2.05) is 0 Å². The number of hydrogen-bond acceptors (Lipinski definition) is 3. The van der Waals surface area contributed by atoms with Crippen molar-refractivity contribution in [2.75, 3.05) is 20.1 Å². The van der Waals surface area contributed by atoms with Crippen LogP contribution in [0.4, 0.5) is 0 Å². The number of halogens is 2. The Morgan fingerprint density at radius 2 is 2.12 bits per heavy atom. The van der Waals surface area contributed by atoms with E-state index in [0.29, 0.717) is 6.04 Å². The molecule has 0 amide bonds. The van der Waals surface area contributed by atoms with Crippen LogP contribution in [-0.4, -0.2) is 31.1 Å². The Labute approximate surface area is 125 Å². The summed E-state index contributed by atoms with van der Waals surface area (Å²) in [5.74, 6) is 0. The Morgan fingerprint density at radius 3 is 2.65 bits per heavy atom. The van der Waals surface area contributed by atoms with E-state index in [0.717, 1.165) is 24.1 Å². The summed E-state index contributed by atoms with van der Waals surface area (Å²) in [4.78, 5) is 3.74. The normalized spacial score (nSPS) is 11.7. The van der Waals surface area contributed by atoms with Crippen molar-refractivity contribution in [1.29, 1.82) is 0 Å². The van der Waals surface area contributed by atoms with Crippen LogP contribution in [-0.2, 0) is 6.54 Å². The van der Waals surface area contributed by atoms with E-state index in [4.69, 9.17) is 0 Å². The summed E-state index contributed by atoms with van der Waals surface area (Å²) in [6.07, 6.45) is 1.20. The molecule has 0 aliphatic carbocycles. The van der Waals surface area contributed by atoms with Crippen LogP contribution in [0, 0.1) is 0 Å². The Balaban J connectivity index is 2.12. The van der Waals surface area contributed by atoms with Crippen molar-refractivity contribution in [3.05, 3.63) is 19.2 Å². The van der Waals surface area contributed by atoms with Gasteiger partial charge in [-0.2, -0.15) is 0 Å². The minimum atomic E-state index is 0.638. The second-order valence-corrected chi connectivity index (χ2v) is 7.75. The highest BCUT2D eigenvalue weighted by molar-refractivity contribution is 9.13. The quantitative estimate of drug-likeness (QED) is 0.713. The van der Waals surface area contributed by atoms with Crippen LogP contribution in [0.5, 0.6) is 0 Å². The maximum Gasteiger partial charge on any atom is 0.0843 e. The molecule has 1 aromatic rings. The number of nitrogens with one attached hydrogen (secondary N) is 1. The average Bonchev–Trinajstić information content (AvgIpc) is 2.57. The van der Waals surface area contributed by atoms with Crippen LogP contribution >= 0.6 is 43.2 Å². The zero-order chi connectivity index (χ0) is 12.8. The van der Waals surface area contributed by atoms with Gasteiger partial charge < -0.3 is 10.2 Å². The van der Waals surface area contributed by atoms with E-state index in [2.05, 4.69) is 69.0 Å². The predicted molar refractivity (Wildman–Crippen MR) is 83.8 cm³/mol. The maximum atomic E-state index is 3.51. The molecule has 98 valence electrons. The van der Waals surface area contributed by atoms with Gasteiger partial charge in [0.05, 0.1) is 3.79 Å². The van der Waals surface area contributed by atoms with E-state index in [9.17, 15) is 0 Å². The van der Waals surface area contributed by atoms with Gasteiger partial charge in [-0.05, 0) is 78.3 Å². The van der Waals surface area contributed by atoms with E-state index in [1.165, 1.54) is 15.1 Å². The highest BCUT2D eigenvalue weighted by Crippen LogP contribution is 2.32. The molecule has 5 heteroatoms. The highest BCUT2D eigenvalue weighted by atomic mass is 79.9. The minimum Gasteiger partial charge on any atom is -0.312 e. The summed E-state index contributed by atoms with van der Waals surface area (Å²) in [7, 11) is 2.18. The molecule has 1 N–H and O–H groups in total. The maximum absolute atomic E-state index is 3.51. The van der Waals surface area contributed by atoms with Crippen LogP contribution in [0.25, 0.3) is 0 Å². The van der Waals surface area contributed by atoms with Gasteiger partial charge in [0.1, 0.15) is 0 Å². The third-order valence-corrected chi connectivity index (χ3v) is 6.00. The van der Waals surface area contributed by atoms with Crippen LogP contribution in [0.3, 0.4) is 0 Å². The van der Waals surface area contributed by atoms with Gasteiger partial charge in [0.2, 0.25) is 0 Å². The lowest BCUT2D eigenvalue weighted by atomic mass is 10.3. The standard InChI is InChI=1S/C12H20Br2N2S/c1-9(2)16(3)6-4-5-15-8-10-7-11(13)12(14)17-10/h7,9,15H,4-6,8H2,1-3H3. The molecule has 0 aliphatic heterocycles. The first-order valence-corrected chi connectivity index (χ1v) is 8.25. The third-order valence-electron chi connectivity index (χ3n) is 2.74. The van der Waals surface area contributed by atoms with Crippen LogP contribution in [0.15, 0.2) is 14.3 Å². The molecule has 1 rings (SSSR count). The first-order valence-electron chi connectivity index (χ1n) is 5.85. The van der Waals surface area contributed by atoms with Crippen molar-refractivity contribution in [3.8, 4) is 0 Å². The Hall–Kier alpha value is 0.580. The third kappa shape index (κ3) is 5.83. The molecule has 17 heavy (non-hydrogen) atoms. The first kappa shape index (κ1) is 15.6. The topological polar surface area (TPSA) is 15.3 Å². The monoisotopic (exact) mass is 382 g/mol. The van der Waals surface area contributed by atoms with Gasteiger partial charge in [-0.1, -0.05) is 0 Å². The summed E-state index contributed by atoms with van der Waals surface area (Å²) in [5, 5.41) is 3.48. The lowest BCUT2D eigenvalue weighted by Crippen LogP contribution is -2.29. The molecule has 0 aromatic carbocycles. The summed E-state index contributed by atoms with van der Waals surface area (Å²) >= 11 is 8.79. The second-order valence-electron chi connectivity index (χ2n) is 4.44. The van der Waals surface area contributed by atoms with Gasteiger partial charge in [-0.15, -0.1) is 11.3 Å². The zero-order valence-electron chi connectivity index (χ0n) is 10.6. The van der Waals surface area contributed by atoms with Crippen LogP contribution < -0.4 is 5.32 Å². The minimum absolute atomic E-state index is 0.638. The molecule has 0 saturated carbocycles. The number of thiophene rings is 1. The SMILES string of the molecule is CC(C)N(C)CCCNCc1cc(Br)c(Br)s1. The molecule has 0 aliphatic rings. The van der Waals surface area contributed by atoms with Gasteiger partial charge in [-0.3, -0.25) is 0 Å². The van der Waals surface area contributed by atoms with Gasteiger partial charge in [0.25, 0.3) is 0 Å². The van der Waals surface area contributed by atoms with Crippen molar-refractivity contribution in [3.63, 3.8) is 0 Å². The lowest BCUT2D eigenvalue weighted by molar-refractivity contribution is 0.269. The fraction of sp³-hybridized carbons (Fsp3) is 0.667. The van der Waals surface area contributed by atoms with Gasteiger partial charge in [0.15, 0.2) is 0 Å². The lowest BCUT2D eigenvalue weighted by Gasteiger charge is -2.20. The van der Waals surface area contributed by atoms with Crippen molar-refractivity contribution in [2.45, 2.75) is 32.9 Å². The first-order chi connectivity index (χ1) is 8.00. The zero-order valence-corrected chi connectivity index (χ0v) is 14.6. The Bertz CT molecular complexity index is 320. The largest absolute Gasteiger partial charge is 0.312 e. The van der Waals surface area contributed by atoms with E-state index in [-0.39, 0.29) is 0 Å². The summed E-state index contributed by atoms with van der Waals surface area (Å²) in [6.45, 7) is 7.65. The van der Waals surface area contributed by atoms with Gasteiger partial charge in [0, 0.05) is 21.9 Å². The molecule has 0 bridgehead atoms. The molecule has 0 unspecified atom stereocenters. The van der Waals surface area contributed by atoms with Crippen molar-refractivity contribution < 1.29 is 0 Å². The van der Waals surface area contributed by atoms with Gasteiger partial charge in [-0.25, -0.2) is 0 Å². The van der Waals surface area contributed by atoms with Crippen molar-refractivity contribution in [1.82, 2.24) is 10.2 Å². The van der Waals surface area contributed by atoms with E-state index >= 15 is 0 Å².